The van der Waals surface area contributed by atoms with Crippen LogP contribution in [0.4, 0.5) is 10.1 Å². The van der Waals surface area contributed by atoms with Gasteiger partial charge in [0, 0.05) is 38.6 Å². The fourth-order valence-corrected chi connectivity index (χ4v) is 4.46. The number of morpholine rings is 1. The van der Waals surface area contributed by atoms with E-state index >= 15 is 0 Å². The largest absolute Gasteiger partial charge is 0.371 e. The van der Waals surface area contributed by atoms with Crippen LogP contribution in [0.25, 0.3) is 10.8 Å². The van der Waals surface area contributed by atoms with Gasteiger partial charge < -0.3 is 9.64 Å². The number of ether oxygens (including phenoxy) is 1. The number of amides is 1. The van der Waals surface area contributed by atoms with Crippen LogP contribution in [0, 0.1) is 19.3 Å². The number of fused-ring (bicyclic) bond motifs is 1. The summed E-state index contributed by atoms with van der Waals surface area (Å²) in [6.45, 7) is 12.0. The number of halogens is 1. The Balaban J connectivity index is 1.19. The summed E-state index contributed by atoms with van der Waals surface area (Å²) in [6.07, 6.45) is 4.59. The van der Waals surface area contributed by atoms with Crippen molar-refractivity contribution in [1.29, 1.82) is 0 Å². The Kier molecular flexibility index (Phi) is 5.95. The normalized spacial score (nSPS) is 20.6. The maximum absolute atomic E-state index is 13.9. The Morgan fingerprint density at radius 1 is 1.26 bits per heavy atom. The molecule has 0 aliphatic carbocycles. The lowest BCUT2D eigenvalue weighted by Gasteiger charge is -2.46. The van der Waals surface area contributed by atoms with Gasteiger partial charge in [0.1, 0.15) is 12.1 Å². The van der Waals surface area contributed by atoms with Gasteiger partial charge >= 0.3 is 0 Å². The van der Waals surface area contributed by atoms with Crippen LogP contribution in [-0.2, 0) is 16.0 Å². The first-order valence-electron chi connectivity index (χ1n) is 10.9. The van der Waals surface area contributed by atoms with E-state index < -0.39 is 5.82 Å². The summed E-state index contributed by atoms with van der Waals surface area (Å²) in [4.78, 5) is 28.8. The van der Waals surface area contributed by atoms with Crippen LogP contribution >= 0.6 is 0 Å². The van der Waals surface area contributed by atoms with E-state index in [1.54, 1.807) is 25.4 Å². The lowest BCUT2D eigenvalue weighted by atomic mass is 9.98. The first-order chi connectivity index (χ1) is 16.5. The molecule has 2 aromatic heterocycles. The molecule has 174 valence electrons. The van der Waals surface area contributed by atoms with E-state index in [1.165, 1.54) is 17.1 Å². The average Bonchev–Trinajstić information content (AvgIpc) is 3.39. The van der Waals surface area contributed by atoms with Crippen LogP contribution < -0.4 is 0 Å². The maximum Gasteiger partial charge on any atom is 0.253 e. The van der Waals surface area contributed by atoms with Crippen molar-refractivity contribution in [2.45, 2.75) is 25.5 Å². The monoisotopic (exact) mass is 463 g/mol. The minimum absolute atomic E-state index is 0.0108. The van der Waals surface area contributed by atoms with Crippen molar-refractivity contribution >= 4 is 11.6 Å². The minimum atomic E-state index is -0.507. The third-order valence-corrected chi connectivity index (χ3v) is 6.33. The molecule has 12 heteroatoms. The number of tetrazole rings is 1. The molecule has 1 amide bonds. The molecular weight excluding hydrogens is 441 g/mol. The van der Waals surface area contributed by atoms with Gasteiger partial charge in [-0.1, -0.05) is 6.07 Å². The molecule has 2 aliphatic rings. The zero-order valence-corrected chi connectivity index (χ0v) is 18.5. The van der Waals surface area contributed by atoms with Crippen LogP contribution in [0.3, 0.4) is 0 Å². The van der Waals surface area contributed by atoms with Gasteiger partial charge in [0.2, 0.25) is 11.6 Å². The number of nitrogens with zero attached hydrogens (tertiary/aromatic N) is 9. The molecule has 0 unspecified atom stereocenters. The van der Waals surface area contributed by atoms with E-state index in [0.717, 1.165) is 12.1 Å². The minimum Gasteiger partial charge on any atom is -0.371 e. The third-order valence-electron chi connectivity index (χ3n) is 6.33. The van der Waals surface area contributed by atoms with E-state index in [1.807, 2.05) is 4.90 Å². The summed E-state index contributed by atoms with van der Waals surface area (Å²) in [5.74, 6) is -0.159. The van der Waals surface area contributed by atoms with E-state index in [4.69, 9.17) is 11.3 Å². The van der Waals surface area contributed by atoms with Crippen molar-refractivity contribution in [2.24, 2.45) is 0 Å². The predicted molar refractivity (Wildman–Crippen MR) is 116 cm³/mol. The zero-order valence-electron chi connectivity index (χ0n) is 18.5. The third kappa shape index (κ3) is 4.23. The summed E-state index contributed by atoms with van der Waals surface area (Å²) < 4.78 is 21.4. The van der Waals surface area contributed by atoms with Crippen LogP contribution in [0.5, 0.6) is 0 Å². The van der Waals surface area contributed by atoms with E-state index in [0.29, 0.717) is 43.3 Å². The first kappa shape index (κ1) is 22.0. The standard InChI is InChI=1S/C22H22FN9O2/c1-14-17(3-4-18(23)21(14)24-2)19-11-30-5-6-31(10-16(30)12-34-19)20(33)7-15-8-25-22(26-9-15)32-13-27-28-29-32/h3-4,8-9,13,16,19H,5-7,10-12H2,1H3/t16-,19-/m0/s1. The highest BCUT2D eigenvalue weighted by molar-refractivity contribution is 5.78. The maximum atomic E-state index is 13.9. The lowest BCUT2D eigenvalue weighted by molar-refractivity contribution is -0.139. The summed E-state index contributed by atoms with van der Waals surface area (Å²) in [5.41, 5.74) is 2.23. The Morgan fingerprint density at radius 3 is 2.82 bits per heavy atom. The fraction of sp³-hybridized carbons (Fsp3) is 0.409. The number of aromatic nitrogens is 6. The average molecular weight is 463 g/mol. The molecule has 11 nitrogen and oxygen atoms in total. The highest BCUT2D eigenvalue weighted by Crippen LogP contribution is 2.34. The molecule has 2 fully saturated rings. The summed E-state index contributed by atoms with van der Waals surface area (Å²) in [7, 11) is 0. The molecule has 1 aromatic carbocycles. The molecule has 5 rings (SSSR count). The molecule has 0 radical (unpaired) electrons. The molecule has 2 atom stereocenters. The molecule has 34 heavy (non-hydrogen) atoms. The van der Waals surface area contributed by atoms with Crippen molar-refractivity contribution in [2.75, 3.05) is 32.8 Å². The van der Waals surface area contributed by atoms with Gasteiger partial charge in [-0.25, -0.2) is 19.2 Å². The number of carbonyl (C=O) groups is 1. The van der Waals surface area contributed by atoms with Crippen molar-refractivity contribution < 1.29 is 13.9 Å². The van der Waals surface area contributed by atoms with Gasteiger partial charge in [0.25, 0.3) is 5.95 Å². The van der Waals surface area contributed by atoms with Gasteiger partial charge in [-0.2, -0.15) is 4.68 Å². The second-order valence-corrected chi connectivity index (χ2v) is 8.35. The van der Waals surface area contributed by atoms with Crippen LogP contribution in [0.2, 0.25) is 0 Å². The molecule has 0 N–H and O–H groups in total. The Bertz CT molecular complexity index is 1230. The Hall–Kier alpha value is -3.82. The molecule has 2 saturated heterocycles. The molecule has 2 aliphatic heterocycles. The Labute approximate surface area is 195 Å². The zero-order chi connectivity index (χ0) is 23.7. The molecule has 3 aromatic rings. The van der Waals surface area contributed by atoms with Gasteiger partial charge in [0.05, 0.1) is 31.7 Å². The van der Waals surface area contributed by atoms with Crippen molar-refractivity contribution in [3.63, 3.8) is 0 Å². The quantitative estimate of drug-likeness (QED) is 0.533. The number of rotatable bonds is 4. The van der Waals surface area contributed by atoms with E-state index in [9.17, 15) is 9.18 Å². The predicted octanol–water partition coefficient (Wildman–Crippen LogP) is 1.28. The highest BCUT2D eigenvalue weighted by Gasteiger charge is 2.36. The van der Waals surface area contributed by atoms with Crippen LogP contribution in [-0.4, -0.2) is 84.7 Å². The second-order valence-electron chi connectivity index (χ2n) is 8.35. The summed E-state index contributed by atoms with van der Waals surface area (Å²) in [6, 6.07) is 3.13. The second kappa shape index (κ2) is 9.20. The number of hydrogen-bond acceptors (Lipinski definition) is 8. The smallest absolute Gasteiger partial charge is 0.253 e. The topological polar surface area (TPSA) is 107 Å². The number of hydrogen-bond donors (Lipinski definition) is 0. The Morgan fingerprint density at radius 2 is 2.09 bits per heavy atom. The lowest BCUT2D eigenvalue weighted by Crippen LogP contribution is -2.59. The molecule has 0 spiro atoms. The first-order valence-corrected chi connectivity index (χ1v) is 10.9. The summed E-state index contributed by atoms with van der Waals surface area (Å²) >= 11 is 0. The van der Waals surface area contributed by atoms with Gasteiger partial charge in [0.15, 0.2) is 0 Å². The van der Waals surface area contributed by atoms with Crippen molar-refractivity contribution in [3.05, 3.63) is 64.8 Å². The molecule has 0 bridgehead atoms. The van der Waals surface area contributed by atoms with E-state index in [-0.39, 0.29) is 30.2 Å². The molecule has 4 heterocycles. The van der Waals surface area contributed by atoms with Gasteiger partial charge in [-0.05, 0) is 40.1 Å². The van der Waals surface area contributed by atoms with Crippen LogP contribution in [0.15, 0.2) is 30.9 Å². The number of benzene rings is 1. The number of piperazine rings is 1. The van der Waals surface area contributed by atoms with Gasteiger partial charge in [-0.3, -0.25) is 9.69 Å². The molecular formula is C22H22FN9O2. The van der Waals surface area contributed by atoms with E-state index in [2.05, 4.69) is 35.2 Å². The summed E-state index contributed by atoms with van der Waals surface area (Å²) in [5, 5.41) is 10.8. The molecule has 0 saturated carbocycles. The van der Waals surface area contributed by atoms with Crippen LogP contribution in [0.1, 0.15) is 22.8 Å². The number of carbonyl (C=O) groups excluding carboxylic acids is 1. The SMILES string of the molecule is [C-]#[N+]c1c(F)ccc([C@@H]2CN3CCN(C(=O)Cc4cnc(-n5cnnn5)nc4)C[C@H]3CO2)c1C. The fourth-order valence-electron chi connectivity index (χ4n) is 4.46. The van der Waals surface area contributed by atoms with Gasteiger partial charge in [-0.15, -0.1) is 5.10 Å². The highest BCUT2D eigenvalue weighted by atomic mass is 19.1. The van der Waals surface area contributed by atoms with Crippen molar-refractivity contribution in [1.82, 2.24) is 40.0 Å². The van der Waals surface area contributed by atoms with Crippen molar-refractivity contribution in [3.8, 4) is 5.95 Å².